The van der Waals surface area contributed by atoms with Gasteiger partial charge in [0.05, 0.1) is 6.54 Å². The molecule has 0 radical (unpaired) electrons. The van der Waals surface area contributed by atoms with Crippen molar-refractivity contribution in [3.8, 4) is 0 Å². The molecule has 0 fully saturated rings. The molecular weight excluding hydrogens is 226 g/mol. The maximum absolute atomic E-state index is 4.86. The van der Waals surface area contributed by atoms with Crippen LogP contribution in [0.2, 0.25) is 0 Å². The highest BCUT2D eigenvalue weighted by molar-refractivity contribution is 7.98. The molecule has 1 aromatic rings. The lowest BCUT2D eigenvalue weighted by molar-refractivity contribution is 0.387. The Balaban J connectivity index is 2.29. The second-order valence-electron chi connectivity index (χ2n) is 3.07. The molecule has 16 heavy (non-hydrogen) atoms. The lowest BCUT2D eigenvalue weighted by atomic mass is 10.6. The molecule has 90 valence electrons. The molecule has 0 spiro atoms. The lowest BCUT2D eigenvalue weighted by Gasteiger charge is -2.09. The summed E-state index contributed by atoms with van der Waals surface area (Å²) in [5.74, 6) is 2.99. The Labute approximate surface area is 99.3 Å². The minimum atomic E-state index is 0.510. The largest absolute Gasteiger partial charge is 0.356 e. The van der Waals surface area contributed by atoms with Crippen molar-refractivity contribution in [3.05, 3.63) is 11.7 Å². The van der Waals surface area contributed by atoms with Crippen molar-refractivity contribution in [1.82, 2.24) is 20.8 Å². The number of rotatable bonds is 5. The van der Waals surface area contributed by atoms with Crippen molar-refractivity contribution in [2.75, 3.05) is 25.6 Å². The van der Waals surface area contributed by atoms with Crippen molar-refractivity contribution in [2.24, 2.45) is 4.99 Å². The Kier molecular flexibility index (Phi) is 5.69. The summed E-state index contributed by atoms with van der Waals surface area (Å²) >= 11 is 1.79. The van der Waals surface area contributed by atoms with Crippen molar-refractivity contribution in [1.29, 1.82) is 0 Å². The van der Waals surface area contributed by atoms with Gasteiger partial charge in [-0.3, -0.25) is 4.99 Å². The van der Waals surface area contributed by atoms with Gasteiger partial charge in [-0.1, -0.05) is 5.16 Å². The fraction of sp³-hybridized carbons (Fsp3) is 0.667. The summed E-state index contributed by atoms with van der Waals surface area (Å²) in [6.07, 6.45) is 2.07. The van der Waals surface area contributed by atoms with Gasteiger partial charge in [0.15, 0.2) is 11.8 Å². The second kappa shape index (κ2) is 7.10. The van der Waals surface area contributed by atoms with Gasteiger partial charge in [-0.05, 0) is 6.26 Å². The number of nitrogens with one attached hydrogen (secondary N) is 2. The molecule has 1 aromatic heterocycles. The van der Waals surface area contributed by atoms with E-state index in [9.17, 15) is 0 Å². The van der Waals surface area contributed by atoms with Crippen molar-refractivity contribution < 1.29 is 4.52 Å². The number of aryl methyl sites for hydroxylation is 1. The first-order valence-electron chi connectivity index (χ1n) is 4.99. The van der Waals surface area contributed by atoms with E-state index in [-0.39, 0.29) is 0 Å². The van der Waals surface area contributed by atoms with Crippen LogP contribution in [0.4, 0.5) is 0 Å². The molecule has 0 unspecified atom stereocenters. The summed E-state index contributed by atoms with van der Waals surface area (Å²) in [5.41, 5.74) is 0. The summed E-state index contributed by atoms with van der Waals surface area (Å²) in [6, 6.07) is 0. The smallest absolute Gasteiger partial charge is 0.223 e. The maximum Gasteiger partial charge on any atom is 0.223 e. The van der Waals surface area contributed by atoms with Crippen LogP contribution in [0.25, 0.3) is 0 Å². The van der Waals surface area contributed by atoms with E-state index in [1.165, 1.54) is 0 Å². The predicted octanol–water partition coefficient (Wildman–Crippen LogP) is 0.406. The van der Waals surface area contributed by atoms with E-state index in [0.717, 1.165) is 18.3 Å². The van der Waals surface area contributed by atoms with E-state index in [0.29, 0.717) is 18.3 Å². The molecule has 0 aliphatic rings. The zero-order valence-electron chi connectivity index (χ0n) is 9.78. The first-order valence-corrected chi connectivity index (χ1v) is 6.38. The number of aromatic nitrogens is 2. The number of aliphatic imine (C=N–C) groups is 1. The highest BCUT2D eigenvalue weighted by Gasteiger charge is 2.02. The zero-order valence-corrected chi connectivity index (χ0v) is 10.6. The normalized spacial score (nSPS) is 11.6. The van der Waals surface area contributed by atoms with Gasteiger partial charge in [0, 0.05) is 26.3 Å². The quantitative estimate of drug-likeness (QED) is 0.443. The molecule has 0 aromatic carbocycles. The minimum absolute atomic E-state index is 0.510. The molecule has 6 nitrogen and oxygen atoms in total. The lowest BCUT2D eigenvalue weighted by Crippen LogP contribution is -2.38. The van der Waals surface area contributed by atoms with E-state index < -0.39 is 0 Å². The van der Waals surface area contributed by atoms with E-state index in [1.54, 1.807) is 25.7 Å². The SMILES string of the molecule is CN=C(NCCSC)NCc1noc(C)n1. The molecule has 1 rings (SSSR count). The van der Waals surface area contributed by atoms with Crippen molar-refractivity contribution in [3.63, 3.8) is 0 Å². The van der Waals surface area contributed by atoms with Crippen LogP contribution in [0.3, 0.4) is 0 Å². The molecule has 0 saturated carbocycles. The highest BCUT2D eigenvalue weighted by atomic mass is 32.2. The second-order valence-corrected chi connectivity index (χ2v) is 4.06. The summed E-state index contributed by atoms with van der Waals surface area (Å²) in [5, 5.41) is 10.1. The fourth-order valence-electron chi connectivity index (χ4n) is 1.07. The average molecular weight is 243 g/mol. The van der Waals surface area contributed by atoms with Gasteiger partial charge in [0.25, 0.3) is 0 Å². The first kappa shape index (κ1) is 12.8. The summed E-state index contributed by atoms with van der Waals surface area (Å²) in [4.78, 5) is 8.17. The van der Waals surface area contributed by atoms with E-state index >= 15 is 0 Å². The Morgan fingerprint density at radius 3 is 2.88 bits per heavy atom. The minimum Gasteiger partial charge on any atom is -0.356 e. The molecule has 1 heterocycles. The van der Waals surface area contributed by atoms with Gasteiger partial charge in [-0.25, -0.2) is 0 Å². The van der Waals surface area contributed by atoms with Crippen LogP contribution < -0.4 is 10.6 Å². The summed E-state index contributed by atoms with van der Waals surface area (Å²) < 4.78 is 4.86. The van der Waals surface area contributed by atoms with Crippen LogP contribution in [0, 0.1) is 6.92 Å². The molecule has 0 aliphatic carbocycles. The Hall–Kier alpha value is -1.24. The van der Waals surface area contributed by atoms with Crippen LogP contribution in [0.15, 0.2) is 9.52 Å². The third kappa shape index (κ3) is 4.52. The van der Waals surface area contributed by atoms with Crippen molar-refractivity contribution in [2.45, 2.75) is 13.5 Å². The van der Waals surface area contributed by atoms with Gasteiger partial charge in [-0.15, -0.1) is 0 Å². The molecule has 7 heteroatoms. The molecule has 0 bridgehead atoms. The van der Waals surface area contributed by atoms with E-state index in [4.69, 9.17) is 4.52 Å². The molecular formula is C9H17N5OS. The van der Waals surface area contributed by atoms with E-state index in [2.05, 4.69) is 32.0 Å². The third-order valence-corrected chi connectivity index (χ3v) is 2.42. The number of hydrogen-bond acceptors (Lipinski definition) is 5. The zero-order chi connectivity index (χ0) is 11.8. The number of nitrogens with zero attached hydrogens (tertiary/aromatic N) is 3. The van der Waals surface area contributed by atoms with Crippen LogP contribution in [0.5, 0.6) is 0 Å². The van der Waals surface area contributed by atoms with Gasteiger partial charge in [0.2, 0.25) is 5.89 Å². The Bertz CT molecular complexity index is 338. The number of guanidine groups is 1. The number of hydrogen-bond donors (Lipinski definition) is 2. The van der Waals surface area contributed by atoms with Crippen LogP contribution in [-0.2, 0) is 6.54 Å². The average Bonchev–Trinajstić information content (AvgIpc) is 2.69. The van der Waals surface area contributed by atoms with Crippen LogP contribution in [0.1, 0.15) is 11.7 Å². The standard InChI is InChI=1S/C9H17N5OS/c1-7-13-8(14-15-7)6-12-9(10-2)11-4-5-16-3/h4-6H2,1-3H3,(H2,10,11,12). The molecule has 0 amide bonds. The van der Waals surface area contributed by atoms with Gasteiger partial charge >= 0.3 is 0 Å². The monoisotopic (exact) mass is 243 g/mol. The van der Waals surface area contributed by atoms with Gasteiger partial charge in [-0.2, -0.15) is 16.7 Å². The maximum atomic E-state index is 4.86. The molecule has 0 atom stereocenters. The third-order valence-electron chi connectivity index (χ3n) is 1.81. The van der Waals surface area contributed by atoms with Crippen molar-refractivity contribution >= 4 is 17.7 Å². The predicted molar refractivity (Wildman–Crippen MR) is 65.6 cm³/mol. The van der Waals surface area contributed by atoms with Crippen LogP contribution >= 0.6 is 11.8 Å². The number of thioether (sulfide) groups is 1. The summed E-state index contributed by atoms with van der Waals surface area (Å²) in [6.45, 7) is 3.16. The first-order chi connectivity index (χ1) is 7.76. The molecule has 0 saturated heterocycles. The molecule has 2 N–H and O–H groups in total. The molecule has 0 aliphatic heterocycles. The fourth-order valence-corrected chi connectivity index (χ4v) is 1.37. The van der Waals surface area contributed by atoms with Gasteiger partial charge < -0.3 is 15.2 Å². The summed E-state index contributed by atoms with van der Waals surface area (Å²) in [7, 11) is 1.73. The van der Waals surface area contributed by atoms with Crippen LogP contribution in [-0.4, -0.2) is 41.7 Å². The Morgan fingerprint density at radius 2 is 2.31 bits per heavy atom. The van der Waals surface area contributed by atoms with E-state index in [1.807, 2.05) is 0 Å². The van der Waals surface area contributed by atoms with Gasteiger partial charge in [0.1, 0.15) is 0 Å². The highest BCUT2D eigenvalue weighted by Crippen LogP contribution is 1.93. The topological polar surface area (TPSA) is 75.3 Å². The Morgan fingerprint density at radius 1 is 1.50 bits per heavy atom.